The van der Waals surface area contributed by atoms with Gasteiger partial charge in [-0.25, -0.2) is 9.18 Å². The highest BCUT2D eigenvalue weighted by Crippen LogP contribution is 2.31. The van der Waals surface area contributed by atoms with E-state index < -0.39 is 24.3 Å². The molecular formula is C20H15ClFNO4. The molecule has 3 aromatic carbocycles. The summed E-state index contributed by atoms with van der Waals surface area (Å²) in [6.07, 6.45) is 0. The Morgan fingerprint density at radius 2 is 1.63 bits per heavy atom. The predicted molar refractivity (Wildman–Crippen MR) is 100 cm³/mol. The Labute approximate surface area is 159 Å². The first-order chi connectivity index (χ1) is 13.0. The first-order valence-corrected chi connectivity index (χ1v) is 8.42. The van der Waals surface area contributed by atoms with Crippen LogP contribution in [0.15, 0.2) is 60.7 Å². The molecule has 0 spiro atoms. The fourth-order valence-electron chi connectivity index (χ4n) is 2.43. The molecule has 0 aromatic heterocycles. The molecule has 0 aliphatic rings. The zero-order valence-electron chi connectivity index (χ0n) is 14.1. The van der Waals surface area contributed by atoms with Gasteiger partial charge in [0.1, 0.15) is 11.6 Å². The summed E-state index contributed by atoms with van der Waals surface area (Å²) in [7, 11) is 0. The highest BCUT2D eigenvalue weighted by atomic mass is 35.5. The van der Waals surface area contributed by atoms with E-state index >= 15 is 0 Å². The van der Waals surface area contributed by atoms with E-state index in [1.165, 1.54) is 18.2 Å². The smallest absolute Gasteiger partial charge is 0.344 e. The molecular weight excluding hydrogens is 373 g/mol. The SMILES string of the molecule is O=C(COC(=O)COc1ccc(Cl)c2ccccc12)Nc1ccccc1F. The van der Waals surface area contributed by atoms with E-state index in [0.29, 0.717) is 10.8 Å². The van der Waals surface area contributed by atoms with Gasteiger partial charge in [-0.15, -0.1) is 0 Å². The van der Waals surface area contributed by atoms with Gasteiger partial charge in [0.25, 0.3) is 5.91 Å². The third-order valence-electron chi connectivity index (χ3n) is 3.69. The third kappa shape index (κ3) is 4.74. The Hall–Kier alpha value is -3.12. The number of carbonyl (C=O) groups is 2. The van der Waals surface area contributed by atoms with Gasteiger partial charge in [0, 0.05) is 15.8 Å². The van der Waals surface area contributed by atoms with Crippen molar-refractivity contribution in [1.29, 1.82) is 0 Å². The normalized spacial score (nSPS) is 10.4. The molecule has 0 saturated carbocycles. The number of amides is 1. The molecule has 0 heterocycles. The molecule has 0 radical (unpaired) electrons. The van der Waals surface area contributed by atoms with Crippen LogP contribution in [0, 0.1) is 5.82 Å². The molecule has 0 bridgehead atoms. The molecule has 5 nitrogen and oxygen atoms in total. The molecule has 0 fully saturated rings. The number of benzene rings is 3. The summed E-state index contributed by atoms with van der Waals surface area (Å²) in [5.41, 5.74) is 0.0161. The molecule has 0 aliphatic heterocycles. The number of ether oxygens (including phenoxy) is 2. The second-order valence-electron chi connectivity index (χ2n) is 5.57. The lowest BCUT2D eigenvalue weighted by molar-refractivity contribution is -0.149. The Bertz CT molecular complexity index is 993. The van der Waals surface area contributed by atoms with Gasteiger partial charge >= 0.3 is 5.97 Å². The third-order valence-corrected chi connectivity index (χ3v) is 4.02. The van der Waals surface area contributed by atoms with Crippen LogP contribution in [0.1, 0.15) is 0 Å². The van der Waals surface area contributed by atoms with Crippen LogP contribution in [0.25, 0.3) is 10.8 Å². The minimum atomic E-state index is -0.724. The van der Waals surface area contributed by atoms with Crippen LogP contribution in [0.3, 0.4) is 0 Å². The molecule has 3 rings (SSSR count). The van der Waals surface area contributed by atoms with E-state index in [1.54, 1.807) is 18.2 Å². The molecule has 7 heteroatoms. The van der Waals surface area contributed by atoms with Crippen molar-refractivity contribution in [2.24, 2.45) is 0 Å². The minimum absolute atomic E-state index is 0.0161. The number of esters is 1. The number of hydrogen-bond donors (Lipinski definition) is 1. The van der Waals surface area contributed by atoms with Crippen molar-refractivity contribution < 1.29 is 23.5 Å². The van der Waals surface area contributed by atoms with Crippen molar-refractivity contribution in [3.63, 3.8) is 0 Å². The Balaban J connectivity index is 1.53. The number of rotatable bonds is 6. The molecule has 138 valence electrons. The van der Waals surface area contributed by atoms with Gasteiger partial charge < -0.3 is 14.8 Å². The molecule has 3 aromatic rings. The fourth-order valence-corrected chi connectivity index (χ4v) is 2.66. The molecule has 1 amide bonds. The first kappa shape index (κ1) is 18.7. The van der Waals surface area contributed by atoms with Gasteiger partial charge in [-0.2, -0.15) is 0 Å². The quantitative estimate of drug-likeness (QED) is 0.644. The van der Waals surface area contributed by atoms with Gasteiger partial charge in [0.2, 0.25) is 0 Å². The van der Waals surface area contributed by atoms with E-state index in [4.69, 9.17) is 21.1 Å². The number of hydrogen-bond acceptors (Lipinski definition) is 4. The zero-order valence-corrected chi connectivity index (χ0v) is 14.8. The summed E-state index contributed by atoms with van der Waals surface area (Å²) in [4.78, 5) is 23.6. The number of carbonyl (C=O) groups excluding carboxylic acids is 2. The van der Waals surface area contributed by atoms with Gasteiger partial charge in [0.15, 0.2) is 13.2 Å². The average Bonchev–Trinajstić information content (AvgIpc) is 2.68. The Kier molecular flexibility index (Phi) is 5.88. The highest BCUT2D eigenvalue weighted by molar-refractivity contribution is 6.35. The summed E-state index contributed by atoms with van der Waals surface area (Å²) >= 11 is 6.14. The lowest BCUT2D eigenvalue weighted by Crippen LogP contribution is -2.24. The van der Waals surface area contributed by atoms with Crippen molar-refractivity contribution in [3.8, 4) is 5.75 Å². The number of halogens is 2. The average molecular weight is 388 g/mol. The van der Waals surface area contributed by atoms with Crippen LogP contribution in [0.2, 0.25) is 5.02 Å². The highest BCUT2D eigenvalue weighted by Gasteiger charge is 2.12. The number of nitrogens with one attached hydrogen (secondary N) is 1. The van der Waals surface area contributed by atoms with Gasteiger partial charge in [0.05, 0.1) is 5.69 Å². The number of fused-ring (bicyclic) bond motifs is 1. The number of para-hydroxylation sites is 1. The summed E-state index contributed by atoms with van der Waals surface area (Å²) in [6.45, 7) is -0.920. The van der Waals surface area contributed by atoms with E-state index in [-0.39, 0.29) is 12.3 Å². The maximum atomic E-state index is 13.5. The molecule has 0 saturated heterocycles. The van der Waals surface area contributed by atoms with Crippen molar-refractivity contribution in [1.82, 2.24) is 0 Å². The van der Waals surface area contributed by atoms with Crippen LogP contribution in [-0.2, 0) is 14.3 Å². The zero-order chi connectivity index (χ0) is 19.2. The first-order valence-electron chi connectivity index (χ1n) is 8.04. The van der Waals surface area contributed by atoms with Crippen LogP contribution in [0.5, 0.6) is 5.75 Å². The van der Waals surface area contributed by atoms with Gasteiger partial charge in [-0.1, -0.05) is 48.0 Å². The van der Waals surface area contributed by atoms with Crippen LogP contribution in [0.4, 0.5) is 10.1 Å². The molecule has 27 heavy (non-hydrogen) atoms. The largest absolute Gasteiger partial charge is 0.481 e. The standard InChI is InChI=1S/C20H15ClFNO4/c21-15-9-10-18(14-6-2-1-5-13(14)15)26-12-20(25)27-11-19(24)23-17-8-4-3-7-16(17)22/h1-10H,11-12H2,(H,23,24). The predicted octanol–water partition coefficient (Wildman–Crippen LogP) is 4.19. The summed E-state index contributed by atoms with van der Waals surface area (Å²) in [5.74, 6) is -1.47. The summed E-state index contributed by atoms with van der Waals surface area (Å²) in [5, 5.41) is 4.46. The lowest BCUT2D eigenvalue weighted by Gasteiger charge is -2.10. The lowest BCUT2D eigenvalue weighted by atomic mass is 10.1. The van der Waals surface area contributed by atoms with Crippen molar-refractivity contribution >= 4 is 39.9 Å². The van der Waals surface area contributed by atoms with E-state index in [0.717, 1.165) is 10.8 Å². The monoisotopic (exact) mass is 387 g/mol. The second-order valence-corrected chi connectivity index (χ2v) is 5.98. The second kappa shape index (κ2) is 8.51. The molecule has 0 unspecified atom stereocenters. The Morgan fingerprint density at radius 3 is 2.41 bits per heavy atom. The maximum Gasteiger partial charge on any atom is 0.344 e. The van der Waals surface area contributed by atoms with Crippen LogP contribution >= 0.6 is 11.6 Å². The van der Waals surface area contributed by atoms with E-state index in [1.807, 2.05) is 24.3 Å². The summed E-state index contributed by atoms with van der Waals surface area (Å²) in [6, 6.07) is 16.4. The van der Waals surface area contributed by atoms with Crippen molar-refractivity contribution in [2.75, 3.05) is 18.5 Å². The van der Waals surface area contributed by atoms with Crippen LogP contribution in [-0.4, -0.2) is 25.1 Å². The van der Waals surface area contributed by atoms with Crippen LogP contribution < -0.4 is 10.1 Å². The Morgan fingerprint density at radius 1 is 0.926 bits per heavy atom. The minimum Gasteiger partial charge on any atom is -0.481 e. The fraction of sp³-hybridized carbons (Fsp3) is 0.100. The van der Waals surface area contributed by atoms with Gasteiger partial charge in [-0.3, -0.25) is 4.79 Å². The van der Waals surface area contributed by atoms with Gasteiger partial charge in [-0.05, 0) is 24.3 Å². The van der Waals surface area contributed by atoms with Crippen molar-refractivity contribution in [2.45, 2.75) is 0 Å². The summed E-state index contributed by atoms with van der Waals surface area (Å²) < 4.78 is 23.8. The van der Waals surface area contributed by atoms with Crippen molar-refractivity contribution in [3.05, 3.63) is 71.5 Å². The van der Waals surface area contributed by atoms with E-state index in [9.17, 15) is 14.0 Å². The molecule has 1 N–H and O–H groups in total. The number of anilines is 1. The molecule has 0 aliphatic carbocycles. The molecule has 0 atom stereocenters. The van der Waals surface area contributed by atoms with E-state index in [2.05, 4.69) is 5.32 Å². The maximum absolute atomic E-state index is 13.5. The topological polar surface area (TPSA) is 64.6 Å².